The molecule has 0 radical (unpaired) electrons. The molecule has 0 heterocycles. The van der Waals surface area contributed by atoms with Crippen molar-refractivity contribution in [1.29, 1.82) is 0 Å². The van der Waals surface area contributed by atoms with Crippen LogP contribution in [0.2, 0.25) is 0 Å². The van der Waals surface area contributed by atoms with E-state index in [4.69, 9.17) is 0 Å². The highest BCUT2D eigenvalue weighted by Crippen LogP contribution is 2.32. The molecule has 0 spiro atoms. The Balaban J connectivity index is 3.25. The molecule has 1 aromatic carbocycles. The summed E-state index contributed by atoms with van der Waals surface area (Å²) in [5.74, 6) is 0. The number of hydrogen-bond donors (Lipinski definition) is 2. The van der Waals surface area contributed by atoms with Crippen LogP contribution in [0.4, 0.5) is 17.1 Å². The van der Waals surface area contributed by atoms with Crippen molar-refractivity contribution in [3.63, 3.8) is 0 Å². The third kappa shape index (κ3) is 2.68. The highest BCUT2D eigenvalue weighted by Gasteiger charge is 2.28. The van der Waals surface area contributed by atoms with Crippen LogP contribution >= 0.6 is 0 Å². The molecule has 0 aliphatic carbocycles. The molecule has 88 valence electrons. The third-order valence-corrected chi connectivity index (χ3v) is 2.14. The van der Waals surface area contributed by atoms with Gasteiger partial charge in [0, 0.05) is 24.4 Å². The lowest BCUT2D eigenvalue weighted by Gasteiger charge is -2.19. The second-order valence-corrected chi connectivity index (χ2v) is 3.89. The number of anilines is 1. The summed E-state index contributed by atoms with van der Waals surface area (Å²) in [5.41, 5.74) is 0.837. The molecule has 0 bridgehead atoms. The molecule has 0 atom stereocenters. The van der Waals surface area contributed by atoms with Crippen molar-refractivity contribution in [2.75, 3.05) is 26.0 Å². The van der Waals surface area contributed by atoms with E-state index in [0.717, 1.165) is 0 Å². The Labute approximate surface area is 93.8 Å². The van der Waals surface area contributed by atoms with Gasteiger partial charge in [-0.1, -0.05) is 0 Å². The summed E-state index contributed by atoms with van der Waals surface area (Å²) in [4.78, 5) is 10.4. The van der Waals surface area contributed by atoms with Crippen LogP contribution in [0.15, 0.2) is 18.2 Å². The SMILES string of the molecule is CCNc1ccc([N+](C)(C)O)c([N+](=O)[O-])c1. The lowest BCUT2D eigenvalue weighted by molar-refractivity contribution is -0.385. The fourth-order valence-electron chi connectivity index (χ4n) is 1.45. The standard InChI is InChI=1S/C10H16N3O3/c1-4-11-8-5-6-10(13(2,3)16)9(7-8)12(14)15/h5-7,11,16H,4H2,1-3H3/q+1. The first kappa shape index (κ1) is 12.4. The molecule has 0 aromatic heterocycles. The second kappa shape index (κ2) is 4.46. The van der Waals surface area contributed by atoms with Crippen LogP contribution in [0.5, 0.6) is 0 Å². The fraction of sp³-hybridized carbons (Fsp3) is 0.400. The van der Waals surface area contributed by atoms with E-state index in [1.165, 1.54) is 20.2 Å². The Morgan fingerprint density at radius 1 is 1.50 bits per heavy atom. The van der Waals surface area contributed by atoms with E-state index < -0.39 is 9.57 Å². The molecule has 6 heteroatoms. The van der Waals surface area contributed by atoms with Gasteiger partial charge in [0.15, 0.2) is 0 Å². The Bertz CT molecular complexity index is 399. The maximum atomic E-state index is 10.9. The number of nitrogens with zero attached hydrogens (tertiary/aromatic N) is 2. The topological polar surface area (TPSA) is 75.4 Å². The van der Waals surface area contributed by atoms with E-state index in [2.05, 4.69) is 5.32 Å². The number of hydroxylamine groups is 2. The van der Waals surface area contributed by atoms with Crippen LogP contribution in [0.3, 0.4) is 0 Å². The second-order valence-electron chi connectivity index (χ2n) is 3.89. The largest absolute Gasteiger partial charge is 0.385 e. The van der Waals surface area contributed by atoms with Crippen molar-refractivity contribution in [3.05, 3.63) is 28.3 Å². The van der Waals surface area contributed by atoms with Crippen LogP contribution in [-0.4, -0.2) is 30.8 Å². The molecule has 2 N–H and O–H groups in total. The van der Waals surface area contributed by atoms with E-state index in [1.54, 1.807) is 12.1 Å². The van der Waals surface area contributed by atoms with E-state index >= 15 is 0 Å². The molecular weight excluding hydrogens is 210 g/mol. The van der Waals surface area contributed by atoms with E-state index in [1.807, 2.05) is 6.92 Å². The van der Waals surface area contributed by atoms with Crippen molar-refractivity contribution >= 4 is 17.1 Å². The van der Waals surface area contributed by atoms with Gasteiger partial charge in [0.1, 0.15) is 14.1 Å². The minimum Gasteiger partial charge on any atom is -0.385 e. The number of quaternary nitrogens is 1. The Hall–Kier alpha value is -1.66. The van der Waals surface area contributed by atoms with Crippen LogP contribution in [0, 0.1) is 10.1 Å². The van der Waals surface area contributed by atoms with Crippen LogP contribution in [-0.2, 0) is 0 Å². The molecule has 1 aromatic rings. The van der Waals surface area contributed by atoms with Gasteiger partial charge in [0.05, 0.1) is 4.92 Å². The predicted octanol–water partition coefficient (Wildman–Crippen LogP) is 1.98. The summed E-state index contributed by atoms with van der Waals surface area (Å²) < 4.78 is -0.567. The molecule has 6 nitrogen and oxygen atoms in total. The highest BCUT2D eigenvalue weighted by molar-refractivity contribution is 5.66. The Kier molecular flexibility index (Phi) is 3.46. The first-order valence-corrected chi connectivity index (χ1v) is 4.96. The Morgan fingerprint density at radius 3 is 2.56 bits per heavy atom. The number of benzene rings is 1. The number of nitro benzene ring substituents is 1. The minimum atomic E-state index is -0.567. The zero-order valence-electron chi connectivity index (χ0n) is 9.60. The summed E-state index contributed by atoms with van der Waals surface area (Å²) in [6, 6.07) is 4.69. The van der Waals surface area contributed by atoms with Gasteiger partial charge >= 0.3 is 5.69 Å². The highest BCUT2D eigenvalue weighted by atomic mass is 16.6. The normalized spacial score (nSPS) is 11.2. The minimum absolute atomic E-state index is 0.0917. The third-order valence-electron chi connectivity index (χ3n) is 2.14. The van der Waals surface area contributed by atoms with Gasteiger partial charge in [-0.3, -0.25) is 10.1 Å². The Morgan fingerprint density at radius 2 is 2.12 bits per heavy atom. The van der Waals surface area contributed by atoms with Crippen molar-refractivity contribution in [1.82, 2.24) is 4.65 Å². The van der Waals surface area contributed by atoms with Gasteiger partial charge in [-0.15, -0.1) is 4.65 Å². The smallest absolute Gasteiger partial charge is 0.334 e. The molecule has 0 fully saturated rings. The molecular formula is C10H16N3O3+. The summed E-state index contributed by atoms with van der Waals surface area (Å²) in [7, 11) is 2.94. The monoisotopic (exact) mass is 226 g/mol. The van der Waals surface area contributed by atoms with Crippen molar-refractivity contribution < 1.29 is 10.1 Å². The maximum Gasteiger partial charge on any atom is 0.334 e. The summed E-state index contributed by atoms with van der Waals surface area (Å²) in [5, 5.41) is 23.6. The molecule has 0 aliphatic rings. The van der Waals surface area contributed by atoms with Crippen LogP contribution in [0.25, 0.3) is 0 Å². The van der Waals surface area contributed by atoms with Crippen molar-refractivity contribution in [2.24, 2.45) is 0 Å². The fourth-order valence-corrected chi connectivity index (χ4v) is 1.45. The lowest BCUT2D eigenvalue weighted by atomic mass is 10.2. The average molecular weight is 226 g/mol. The van der Waals surface area contributed by atoms with Gasteiger partial charge < -0.3 is 5.32 Å². The number of hydrogen-bond acceptors (Lipinski definition) is 4. The zero-order chi connectivity index (χ0) is 12.3. The van der Waals surface area contributed by atoms with Crippen LogP contribution in [0.1, 0.15) is 6.92 Å². The van der Waals surface area contributed by atoms with E-state index in [9.17, 15) is 15.3 Å². The van der Waals surface area contributed by atoms with Crippen molar-refractivity contribution in [2.45, 2.75) is 6.92 Å². The van der Waals surface area contributed by atoms with Crippen LogP contribution < -0.4 is 9.96 Å². The first-order valence-electron chi connectivity index (χ1n) is 4.96. The van der Waals surface area contributed by atoms with Gasteiger partial charge in [-0.25, -0.2) is 5.21 Å². The number of rotatable bonds is 4. The molecule has 0 amide bonds. The van der Waals surface area contributed by atoms with E-state index in [0.29, 0.717) is 12.2 Å². The van der Waals surface area contributed by atoms with Gasteiger partial charge in [-0.05, 0) is 13.0 Å². The lowest BCUT2D eigenvalue weighted by Crippen LogP contribution is -2.36. The average Bonchev–Trinajstić information content (AvgIpc) is 2.16. The molecule has 0 unspecified atom stereocenters. The maximum absolute atomic E-state index is 10.9. The first-order chi connectivity index (χ1) is 7.36. The molecule has 0 aliphatic heterocycles. The summed E-state index contributed by atoms with van der Waals surface area (Å²) >= 11 is 0. The van der Waals surface area contributed by atoms with Gasteiger partial charge in [0.2, 0.25) is 5.69 Å². The molecule has 0 saturated heterocycles. The molecule has 16 heavy (non-hydrogen) atoms. The number of nitro groups is 1. The van der Waals surface area contributed by atoms with Gasteiger partial charge in [0.25, 0.3) is 0 Å². The number of nitrogens with one attached hydrogen (secondary N) is 1. The molecule has 1 rings (SSSR count). The van der Waals surface area contributed by atoms with E-state index in [-0.39, 0.29) is 11.4 Å². The quantitative estimate of drug-likeness (QED) is 0.467. The van der Waals surface area contributed by atoms with Crippen molar-refractivity contribution in [3.8, 4) is 0 Å². The zero-order valence-corrected chi connectivity index (χ0v) is 9.60. The summed E-state index contributed by atoms with van der Waals surface area (Å²) in [6.45, 7) is 2.60. The summed E-state index contributed by atoms with van der Waals surface area (Å²) in [6.07, 6.45) is 0. The predicted molar refractivity (Wildman–Crippen MR) is 62.7 cm³/mol. The van der Waals surface area contributed by atoms with Gasteiger partial charge in [-0.2, -0.15) is 0 Å². The molecule has 0 saturated carbocycles.